The van der Waals surface area contributed by atoms with Gasteiger partial charge in [0.1, 0.15) is 11.5 Å². The Morgan fingerprint density at radius 1 is 1.12 bits per heavy atom. The fraction of sp³-hybridized carbons (Fsp3) is 0.286. The average Bonchev–Trinajstić information content (AvgIpc) is 2.88. The van der Waals surface area contributed by atoms with Crippen molar-refractivity contribution in [1.82, 2.24) is 0 Å². The van der Waals surface area contributed by atoms with Crippen LogP contribution in [-0.4, -0.2) is 11.7 Å². The fourth-order valence-corrected chi connectivity index (χ4v) is 1.66. The van der Waals surface area contributed by atoms with Crippen molar-refractivity contribution in [3.63, 3.8) is 0 Å². The molecule has 2 aromatic rings. The van der Waals surface area contributed by atoms with Gasteiger partial charge in [-0.2, -0.15) is 0 Å². The Labute approximate surface area is 101 Å². The number of hydrogen-bond donors (Lipinski definition) is 1. The molecule has 0 unspecified atom stereocenters. The molecule has 0 atom stereocenters. The summed E-state index contributed by atoms with van der Waals surface area (Å²) in [6.45, 7) is 0.631. The normalized spacial score (nSPS) is 10.4. The zero-order valence-corrected chi connectivity index (χ0v) is 9.63. The predicted molar refractivity (Wildman–Crippen MR) is 64.9 cm³/mol. The quantitative estimate of drug-likeness (QED) is 0.779. The molecule has 3 heteroatoms. The van der Waals surface area contributed by atoms with Crippen LogP contribution in [0.15, 0.2) is 47.1 Å². The Morgan fingerprint density at radius 2 is 2.00 bits per heavy atom. The lowest BCUT2D eigenvalue weighted by Gasteiger charge is -2.09. The summed E-state index contributed by atoms with van der Waals surface area (Å²) in [6.07, 6.45) is 3.44. The molecule has 2 rings (SSSR count). The molecular formula is C14H16O3. The second-order valence-corrected chi connectivity index (χ2v) is 3.80. The number of benzene rings is 1. The van der Waals surface area contributed by atoms with Crippen LogP contribution in [0.2, 0.25) is 0 Å². The van der Waals surface area contributed by atoms with E-state index < -0.39 is 0 Å². The first kappa shape index (κ1) is 11.7. The van der Waals surface area contributed by atoms with Gasteiger partial charge in [0.2, 0.25) is 0 Å². The molecule has 0 saturated carbocycles. The van der Waals surface area contributed by atoms with E-state index in [0.717, 1.165) is 29.9 Å². The van der Waals surface area contributed by atoms with E-state index >= 15 is 0 Å². The Kier molecular flexibility index (Phi) is 4.22. The second kappa shape index (κ2) is 6.11. The molecular weight excluding hydrogens is 216 g/mol. The second-order valence-electron chi connectivity index (χ2n) is 3.80. The van der Waals surface area contributed by atoms with Gasteiger partial charge in [0.15, 0.2) is 0 Å². The Balaban J connectivity index is 1.78. The summed E-state index contributed by atoms with van der Waals surface area (Å²) in [7, 11) is 0. The van der Waals surface area contributed by atoms with Crippen molar-refractivity contribution in [1.29, 1.82) is 0 Å². The van der Waals surface area contributed by atoms with E-state index in [1.807, 2.05) is 36.4 Å². The Bertz CT molecular complexity index is 434. The van der Waals surface area contributed by atoms with Crippen molar-refractivity contribution in [3.8, 4) is 5.75 Å². The van der Waals surface area contributed by atoms with Gasteiger partial charge in [0, 0.05) is 12.0 Å². The topological polar surface area (TPSA) is 42.6 Å². The zero-order chi connectivity index (χ0) is 11.9. The van der Waals surface area contributed by atoms with Crippen molar-refractivity contribution in [2.75, 3.05) is 6.61 Å². The number of aryl methyl sites for hydroxylation is 1. The average molecular weight is 232 g/mol. The molecule has 0 aliphatic rings. The van der Waals surface area contributed by atoms with E-state index in [9.17, 15) is 0 Å². The number of aliphatic hydroxyl groups is 1. The van der Waals surface area contributed by atoms with Crippen molar-refractivity contribution < 1.29 is 14.3 Å². The van der Waals surface area contributed by atoms with Crippen LogP contribution in [0, 0.1) is 0 Å². The molecule has 17 heavy (non-hydrogen) atoms. The molecule has 1 N–H and O–H groups in total. The lowest BCUT2D eigenvalue weighted by Crippen LogP contribution is -2.01. The molecule has 0 saturated heterocycles. The van der Waals surface area contributed by atoms with Crippen LogP contribution in [-0.2, 0) is 13.0 Å². The van der Waals surface area contributed by atoms with Crippen LogP contribution in [0.1, 0.15) is 17.7 Å². The number of para-hydroxylation sites is 1. The standard InChI is InChI=1S/C14H16O3/c15-11-12-5-1-2-8-14(12)17-10-4-7-13-6-3-9-16-13/h1-3,5-6,8-9,15H,4,7,10-11H2. The number of rotatable bonds is 6. The van der Waals surface area contributed by atoms with E-state index in [4.69, 9.17) is 14.3 Å². The summed E-state index contributed by atoms with van der Waals surface area (Å²) in [6, 6.07) is 11.4. The molecule has 1 aromatic carbocycles. The van der Waals surface area contributed by atoms with Gasteiger partial charge in [-0.1, -0.05) is 18.2 Å². The van der Waals surface area contributed by atoms with Gasteiger partial charge in [0.05, 0.1) is 19.5 Å². The molecule has 0 aliphatic carbocycles. The molecule has 0 bridgehead atoms. The zero-order valence-electron chi connectivity index (χ0n) is 9.63. The molecule has 0 radical (unpaired) electrons. The first-order valence-electron chi connectivity index (χ1n) is 5.74. The van der Waals surface area contributed by atoms with Gasteiger partial charge in [0.25, 0.3) is 0 Å². The maximum absolute atomic E-state index is 9.13. The number of furan rings is 1. The maximum atomic E-state index is 9.13. The summed E-state index contributed by atoms with van der Waals surface area (Å²) in [5.41, 5.74) is 0.825. The molecule has 1 heterocycles. The largest absolute Gasteiger partial charge is 0.493 e. The van der Waals surface area contributed by atoms with E-state index in [-0.39, 0.29) is 6.61 Å². The monoisotopic (exact) mass is 232 g/mol. The van der Waals surface area contributed by atoms with Crippen molar-refractivity contribution in [2.24, 2.45) is 0 Å². The minimum atomic E-state index is 0.00829. The van der Waals surface area contributed by atoms with E-state index in [1.165, 1.54) is 0 Å². The highest BCUT2D eigenvalue weighted by atomic mass is 16.5. The fourth-order valence-electron chi connectivity index (χ4n) is 1.66. The van der Waals surface area contributed by atoms with Gasteiger partial charge in [-0.05, 0) is 24.6 Å². The summed E-state index contributed by atoms with van der Waals surface area (Å²) < 4.78 is 10.9. The van der Waals surface area contributed by atoms with Gasteiger partial charge >= 0.3 is 0 Å². The summed E-state index contributed by atoms with van der Waals surface area (Å²) in [5.74, 6) is 1.73. The van der Waals surface area contributed by atoms with Crippen LogP contribution in [0.3, 0.4) is 0 Å². The van der Waals surface area contributed by atoms with Crippen LogP contribution in [0.4, 0.5) is 0 Å². The number of hydrogen-bond acceptors (Lipinski definition) is 3. The van der Waals surface area contributed by atoms with Crippen LogP contribution in [0.25, 0.3) is 0 Å². The third kappa shape index (κ3) is 3.36. The first-order chi connectivity index (χ1) is 8.40. The highest BCUT2D eigenvalue weighted by Gasteiger charge is 2.01. The molecule has 0 fully saturated rings. The van der Waals surface area contributed by atoms with Gasteiger partial charge in [-0.3, -0.25) is 0 Å². The lowest BCUT2D eigenvalue weighted by atomic mass is 10.2. The molecule has 0 aliphatic heterocycles. The van der Waals surface area contributed by atoms with Crippen LogP contribution >= 0.6 is 0 Å². The van der Waals surface area contributed by atoms with Crippen molar-refractivity contribution >= 4 is 0 Å². The lowest BCUT2D eigenvalue weighted by molar-refractivity contribution is 0.260. The van der Waals surface area contributed by atoms with E-state index in [1.54, 1.807) is 6.26 Å². The van der Waals surface area contributed by atoms with Crippen LogP contribution < -0.4 is 4.74 Å². The van der Waals surface area contributed by atoms with E-state index in [2.05, 4.69) is 0 Å². The minimum absolute atomic E-state index is 0.00829. The number of aliphatic hydroxyl groups excluding tert-OH is 1. The van der Waals surface area contributed by atoms with Crippen molar-refractivity contribution in [3.05, 3.63) is 54.0 Å². The highest BCUT2D eigenvalue weighted by Crippen LogP contribution is 2.18. The predicted octanol–water partition coefficient (Wildman–Crippen LogP) is 2.78. The minimum Gasteiger partial charge on any atom is -0.493 e. The van der Waals surface area contributed by atoms with Crippen LogP contribution in [0.5, 0.6) is 5.75 Å². The molecule has 1 aromatic heterocycles. The van der Waals surface area contributed by atoms with Gasteiger partial charge in [-0.15, -0.1) is 0 Å². The van der Waals surface area contributed by atoms with Gasteiger partial charge in [-0.25, -0.2) is 0 Å². The van der Waals surface area contributed by atoms with E-state index in [0.29, 0.717) is 6.61 Å². The van der Waals surface area contributed by atoms with Gasteiger partial charge < -0.3 is 14.3 Å². The Morgan fingerprint density at radius 3 is 2.76 bits per heavy atom. The Hall–Kier alpha value is -1.74. The molecule has 0 spiro atoms. The molecule has 0 amide bonds. The smallest absolute Gasteiger partial charge is 0.124 e. The molecule has 3 nitrogen and oxygen atoms in total. The summed E-state index contributed by atoms with van der Waals surface area (Å²) >= 11 is 0. The SMILES string of the molecule is OCc1ccccc1OCCCc1ccco1. The number of ether oxygens (including phenoxy) is 1. The summed E-state index contributed by atoms with van der Waals surface area (Å²) in [5, 5.41) is 9.13. The summed E-state index contributed by atoms with van der Waals surface area (Å²) in [4.78, 5) is 0. The maximum Gasteiger partial charge on any atom is 0.124 e. The third-order valence-corrected chi connectivity index (χ3v) is 2.55. The first-order valence-corrected chi connectivity index (χ1v) is 5.74. The highest BCUT2D eigenvalue weighted by molar-refractivity contribution is 5.32. The van der Waals surface area contributed by atoms with Crippen molar-refractivity contribution in [2.45, 2.75) is 19.4 Å². The molecule has 90 valence electrons. The third-order valence-electron chi connectivity index (χ3n) is 2.55.